The Morgan fingerprint density at radius 3 is 2.90 bits per heavy atom. The van der Waals surface area contributed by atoms with Crippen LogP contribution in [-0.2, 0) is 16.0 Å². The minimum Gasteiger partial charge on any atom is -0.465 e. The molecule has 2 unspecified atom stereocenters. The molecule has 0 spiro atoms. The van der Waals surface area contributed by atoms with Crippen LogP contribution in [0.25, 0.3) is 10.8 Å². The number of carbonyl (C=O) groups excluding carboxylic acids is 1. The van der Waals surface area contributed by atoms with Crippen LogP contribution in [0, 0.1) is 11.3 Å². The number of hydrogen-bond acceptors (Lipinski definition) is 2. The molecule has 2 nitrogen and oxygen atoms in total. The maximum atomic E-state index is 12.2. The van der Waals surface area contributed by atoms with Crippen LogP contribution >= 0.6 is 0 Å². The maximum Gasteiger partial charge on any atom is 0.312 e. The quantitative estimate of drug-likeness (QED) is 0.774. The van der Waals surface area contributed by atoms with Gasteiger partial charge >= 0.3 is 5.97 Å². The summed E-state index contributed by atoms with van der Waals surface area (Å²) in [5.74, 6) is 0.467. The van der Waals surface area contributed by atoms with Crippen molar-refractivity contribution in [2.75, 3.05) is 6.61 Å². The Kier molecular flexibility index (Phi) is 2.59. The molecule has 2 fully saturated rings. The smallest absolute Gasteiger partial charge is 0.312 e. The minimum atomic E-state index is -0.234. The summed E-state index contributed by atoms with van der Waals surface area (Å²) in [6.07, 6.45) is 4.12. The van der Waals surface area contributed by atoms with Gasteiger partial charge in [0.25, 0.3) is 0 Å². The summed E-state index contributed by atoms with van der Waals surface area (Å²) in [4.78, 5) is 12.2. The van der Waals surface area contributed by atoms with Crippen LogP contribution < -0.4 is 0 Å². The molecule has 1 aliphatic carbocycles. The van der Waals surface area contributed by atoms with Crippen molar-refractivity contribution in [1.29, 1.82) is 0 Å². The standard InChI is InChI=1S/C18H18O2/c19-17-18(9-3-6-16(18)12-20-17)11-13-7-8-14-4-1-2-5-15(14)10-13/h1-2,4-5,7-8,10,16H,3,6,9,11-12H2. The number of carbonyl (C=O) groups is 1. The van der Waals surface area contributed by atoms with Crippen molar-refractivity contribution < 1.29 is 9.53 Å². The van der Waals surface area contributed by atoms with Crippen molar-refractivity contribution in [3.05, 3.63) is 48.0 Å². The zero-order valence-electron chi connectivity index (χ0n) is 11.5. The summed E-state index contributed by atoms with van der Waals surface area (Å²) in [6.45, 7) is 0.631. The first kappa shape index (κ1) is 12.0. The van der Waals surface area contributed by atoms with E-state index in [0.29, 0.717) is 12.5 Å². The molecule has 0 aromatic heterocycles. The third-order valence-electron chi connectivity index (χ3n) is 5.11. The fourth-order valence-electron chi connectivity index (χ4n) is 3.99. The van der Waals surface area contributed by atoms with Gasteiger partial charge in [-0.25, -0.2) is 0 Å². The van der Waals surface area contributed by atoms with Crippen LogP contribution in [-0.4, -0.2) is 12.6 Å². The van der Waals surface area contributed by atoms with Gasteiger partial charge in [0, 0.05) is 5.92 Å². The van der Waals surface area contributed by atoms with E-state index in [1.54, 1.807) is 0 Å². The number of benzene rings is 2. The number of esters is 1. The molecular weight excluding hydrogens is 248 g/mol. The average molecular weight is 266 g/mol. The van der Waals surface area contributed by atoms with Gasteiger partial charge in [-0.1, -0.05) is 48.9 Å². The summed E-state index contributed by atoms with van der Waals surface area (Å²) < 4.78 is 5.34. The van der Waals surface area contributed by atoms with Crippen molar-refractivity contribution >= 4 is 16.7 Å². The lowest BCUT2D eigenvalue weighted by Crippen LogP contribution is -2.31. The van der Waals surface area contributed by atoms with E-state index in [9.17, 15) is 4.79 Å². The van der Waals surface area contributed by atoms with Crippen LogP contribution in [0.4, 0.5) is 0 Å². The Bertz CT molecular complexity index is 676. The highest BCUT2D eigenvalue weighted by molar-refractivity contribution is 5.84. The van der Waals surface area contributed by atoms with Crippen molar-refractivity contribution in [2.24, 2.45) is 11.3 Å². The largest absolute Gasteiger partial charge is 0.465 e. The topological polar surface area (TPSA) is 26.3 Å². The van der Waals surface area contributed by atoms with Crippen LogP contribution in [0.5, 0.6) is 0 Å². The zero-order chi connectivity index (χ0) is 13.6. The van der Waals surface area contributed by atoms with Gasteiger partial charge in [0.1, 0.15) is 0 Å². The van der Waals surface area contributed by atoms with Crippen LogP contribution in [0.3, 0.4) is 0 Å². The van der Waals surface area contributed by atoms with Crippen molar-refractivity contribution in [3.63, 3.8) is 0 Å². The highest BCUT2D eigenvalue weighted by Gasteiger charge is 2.54. The Morgan fingerprint density at radius 1 is 1.15 bits per heavy atom. The number of ether oxygens (including phenoxy) is 1. The van der Waals surface area contributed by atoms with E-state index in [-0.39, 0.29) is 11.4 Å². The molecule has 0 radical (unpaired) electrons. The molecule has 1 heterocycles. The average Bonchev–Trinajstić information content (AvgIpc) is 3.00. The molecule has 0 N–H and O–H groups in total. The Balaban J connectivity index is 1.71. The molecule has 2 aliphatic rings. The summed E-state index contributed by atoms with van der Waals surface area (Å²) in [6, 6.07) is 14.9. The SMILES string of the molecule is O=C1OCC2CCCC12Cc1ccc2ccccc2c1. The normalized spacial score (nSPS) is 28.6. The summed E-state index contributed by atoms with van der Waals surface area (Å²) in [5.41, 5.74) is 1.03. The number of fused-ring (bicyclic) bond motifs is 2. The van der Waals surface area contributed by atoms with Gasteiger partial charge in [0.15, 0.2) is 0 Å². The molecule has 2 heteroatoms. The van der Waals surface area contributed by atoms with E-state index in [0.717, 1.165) is 25.7 Å². The molecule has 20 heavy (non-hydrogen) atoms. The van der Waals surface area contributed by atoms with E-state index in [1.807, 2.05) is 0 Å². The van der Waals surface area contributed by atoms with Crippen molar-refractivity contribution in [2.45, 2.75) is 25.7 Å². The number of rotatable bonds is 2. The Morgan fingerprint density at radius 2 is 2.00 bits per heavy atom. The lowest BCUT2D eigenvalue weighted by Gasteiger charge is -2.24. The second-order valence-electron chi connectivity index (χ2n) is 6.20. The van der Waals surface area contributed by atoms with E-state index in [4.69, 9.17) is 4.74 Å². The lowest BCUT2D eigenvalue weighted by molar-refractivity contribution is -0.146. The third-order valence-corrected chi connectivity index (χ3v) is 5.11. The minimum absolute atomic E-state index is 0.0353. The first-order chi connectivity index (χ1) is 9.78. The van der Waals surface area contributed by atoms with Gasteiger partial charge < -0.3 is 4.74 Å². The van der Waals surface area contributed by atoms with Gasteiger partial charge in [-0.05, 0) is 35.6 Å². The third kappa shape index (κ3) is 1.67. The van der Waals surface area contributed by atoms with Gasteiger partial charge in [-0.2, -0.15) is 0 Å². The number of cyclic esters (lactones) is 1. The van der Waals surface area contributed by atoms with E-state index in [1.165, 1.54) is 16.3 Å². The van der Waals surface area contributed by atoms with Gasteiger partial charge in [-0.3, -0.25) is 4.79 Å². The van der Waals surface area contributed by atoms with Gasteiger partial charge in [-0.15, -0.1) is 0 Å². The summed E-state index contributed by atoms with van der Waals surface area (Å²) in [5, 5.41) is 2.51. The van der Waals surface area contributed by atoms with Crippen LogP contribution in [0.15, 0.2) is 42.5 Å². The van der Waals surface area contributed by atoms with E-state index < -0.39 is 0 Å². The second kappa shape index (κ2) is 4.34. The molecule has 1 aliphatic heterocycles. The highest BCUT2D eigenvalue weighted by Crippen LogP contribution is 2.50. The Hall–Kier alpha value is -1.83. The molecule has 4 rings (SSSR count). The first-order valence-corrected chi connectivity index (χ1v) is 7.43. The fourth-order valence-corrected chi connectivity index (χ4v) is 3.99. The van der Waals surface area contributed by atoms with Crippen LogP contribution in [0.1, 0.15) is 24.8 Å². The van der Waals surface area contributed by atoms with Crippen LogP contribution in [0.2, 0.25) is 0 Å². The zero-order valence-corrected chi connectivity index (χ0v) is 11.5. The van der Waals surface area contributed by atoms with E-state index >= 15 is 0 Å². The maximum absolute atomic E-state index is 12.2. The summed E-state index contributed by atoms with van der Waals surface area (Å²) >= 11 is 0. The Labute approximate surface area is 118 Å². The van der Waals surface area contributed by atoms with Crippen molar-refractivity contribution in [1.82, 2.24) is 0 Å². The predicted octanol–water partition coefficient (Wildman–Crippen LogP) is 3.73. The molecule has 2 aromatic rings. The summed E-state index contributed by atoms with van der Waals surface area (Å²) in [7, 11) is 0. The second-order valence-corrected chi connectivity index (χ2v) is 6.20. The monoisotopic (exact) mass is 266 g/mol. The molecule has 0 amide bonds. The van der Waals surface area contributed by atoms with Gasteiger partial charge in [0.05, 0.1) is 12.0 Å². The molecule has 1 saturated carbocycles. The lowest BCUT2D eigenvalue weighted by atomic mass is 9.75. The molecular formula is C18H18O2. The fraction of sp³-hybridized carbons (Fsp3) is 0.389. The molecule has 1 saturated heterocycles. The first-order valence-electron chi connectivity index (χ1n) is 7.43. The highest BCUT2D eigenvalue weighted by atomic mass is 16.5. The molecule has 2 atom stereocenters. The number of hydrogen-bond donors (Lipinski definition) is 0. The predicted molar refractivity (Wildman–Crippen MR) is 78.4 cm³/mol. The van der Waals surface area contributed by atoms with Crippen molar-refractivity contribution in [3.8, 4) is 0 Å². The molecule has 102 valence electrons. The molecule has 0 bridgehead atoms. The molecule has 2 aromatic carbocycles. The van der Waals surface area contributed by atoms with Gasteiger partial charge in [0.2, 0.25) is 0 Å². The van der Waals surface area contributed by atoms with E-state index in [2.05, 4.69) is 42.5 Å².